The third-order valence-electron chi connectivity index (χ3n) is 0.732. The van der Waals surface area contributed by atoms with Crippen molar-refractivity contribution in [2.24, 2.45) is 0 Å². The van der Waals surface area contributed by atoms with E-state index in [2.05, 4.69) is 0 Å². The number of aliphatic carboxylic acids is 8. The molecule has 18 heteroatoms. The van der Waals surface area contributed by atoms with Crippen LogP contribution in [0.2, 0.25) is 0 Å². The minimum atomic E-state index is -1.82. The SMILES string of the molecule is O=C(O)C(=O)O.O=C(O)C(=O)O.O=C(O)C(=O)O.O=C(O)C(=O)O.[Ce].[V]. The number of rotatable bonds is 0. The first-order valence-electron chi connectivity index (χ1n) is 4.42. The van der Waals surface area contributed by atoms with Gasteiger partial charge in [-0.1, -0.05) is 0 Å². The Bertz CT molecular complexity index is 394. The van der Waals surface area contributed by atoms with Crippen molar-refractivity contribution in [3.8, 4) is 0 Å². The van der Waals surface area contributed by atoms with Crippen LogP contribution >= 0.6 is 0 Å². The first-order chi connectivity index (χ1) is 10.6. The van der Waals surface area contributed by atoms with Gasteiger partial charge in [-0.25, -0.2) is 38.4 Å². The van der Waals surface area contributed by atoms with E-state index in [0.29, 0.717) is 0 Å². The van der Waals surface area contributed by atoms with Crippen molar-refractivity contribution < 1.29 is 140 Å². The molecular formula is C8H8CeO16V. The molecule has 0 aromatic rings. The van der Waals surface area contributed by atoms with E-state index in [1.165, 1.54) is 0 Å². The summed E-state index contributed by atoms with van der Waals surface area (Å²) in [7, 11) is 0. The Balaban J connectivity index is -0.0000000500. The zero-order valence-electron chi connectivity index (χ0n) is 11.8. The monoisotopic (exact) mass is 551 g/mol. The van der Waals surface area contributed by atoms with E-state index in [0.717, 1.165) is 0 Å². The van der Waals surface area contributed by atoms with Gasteiger partial charge in [-0.3, -0.25) is 0 Å². The summed E-state index contributed by atoms with van der Waals surface area (Å²) in [5.74, 6) is -14.6. The van der Waals surface area contributed by atoms with Crippen LogP contribution < -0.4 is 0 Å². The van der Waals surface area contributed by atoms with Gasteiger partial charge < -0.3 is 40.9 Å². The fraction of sp³-hybridized carbons (Fsp3) is 0. The van der Waals surface area contributed by atoms with E-state index < -0.39 is 47.8 Å². The van der Waals surface area contributed by atoms with Crippen molar-refractivity contribution in [1.29, 1.82) is 0 Å². The van der Waals surface area contributed by atoms with Crippen molar-refractivity contribution in [2.45, 2.75) is 0 Å². The molecule has 0 spiro atoms. The van der Waals surface area contributed by atoms with E-state index >= 15 is 0 Å². The van der Waals surface area contributed by atoms with Gasteiger partial charge in [0.1, 0.15) is 0 Å². The predicted octanol–water partition coefficient (Wildman–Crippen LogP) is -3.38. The topological polar surface area (TPSA) is 298 Å². The molecule has 0 aromatic carbocycles. The molecule has 1 radical (unpaired) electrons. The van der Waals surface area contributed by atoms with Gasteiger partial charge in [0.25, 0.3) is 0 Å². The maximum absolute atomic E-state index is 9.10. The minimum Gasteiger partial charge on any atom is -0.473 e. The molecule has 0 heterocycles. The summed E-state index contributed by atoms with van der Waals surface area (Å²) < 4.78 is 0. The number of hydrogen-bond donors (Lipinski definition) is 8. The first-order valence-corrected chi connectivity index (χ1v) is 4.42. The van der Waals surface area contributed by atoms with Crippen LogP contribution in [-0.2, 0) is 56.9 Å². The molecule has 0 fully saturated rings. The second-order valence-electron chi connectivity index (χ2n) is 2.44. The Morgan fingerprint density at radius 1 is 0.308 bits per heavy atom. The van der Waals surface area contributed by atoms with E-state index in [-0.39, 0.29) is 60.3 Å². The van der Waals surface area contributed by atoms with Crippen LogP contribution in [0, 0.1) is 41.7 Å². The zero-order chi connectivity index (χ0) is 20.6. The van der Waals surface area contributed by atoms with Gasteiger partial charge in [0.2, 0.25) is 0 Å². The van der Waals surface area contributed by atoms with Crippen molar-refractivity contribution in [2.75, 3.05) is 0 Å². The van der Waals surface area contributed by atoms with Crippen molar-refractivity contribution >= 4 is 47.8 Å². The Morgan fingerprint density at radius 3 is 0.346 bits per heavy atom. The summed E-state index contributed by atoms with van der Waals surface area (Å²) in [6.07, 6.45) is 0. The smallest absolute Gasteiger partial charge is 0.414 e. The molecule has 0 aromatic heterocycles. The standard InChI is InChI=1S/4C2H2O4.Ce.V/c4*3-1(4)2(5)6;;/h4*(H,3,4)(H,5,6);;. The van der Waals surface area contributed by atoms with Gasteiger partial charge in [-0.05, 0) is 0 Å². The summed E-state index contributed by atoms with van der Waals surface area (Å²) in [6, 6.07) is 0. The zero-order valence-corrected chi connectivity index (χ0v) is 16.3. The van der Waals surface area contributed by atoms with E-state index in [9.17, 15) is 0 Å². The van der Waals surface area contributed by atoms with Gasteiger partial charge in [-0.2, -0.15) is 0 Å². The molecule has 0 aliphatic heterocycles. The molecule has 0 aliphatic carbocycles. The van der Waals surface area contributed by atoms with E-state index in [1.54, 1.807) is 0 Å². The van der Waals surface area contributed by atoms with Crippen LogP contribution in [0.25, 0.3) is 0 Å². The number of hydrogen-bond acceptors (Lipinski definition) is 8. The largest absolute Gasteiger partial charge is 0.473 e. The second-order valence-corrected chi connectivity index (χ2v) is 2.44. The molecule has 0 bridgehead atoms. The summed E-state index contributed by atoms with van der Waals surface area (Å²) in [5, 5.41) is 59.1. The Labute approximate surface area is 186 Å². The van der Waals surface area contributed by atoms with Crippen LogP contribution in [0.15, 0.2) is 0 Å². The molecule has 0 atom stereocenters. The van der Waals surface area contributed by atoms with E-state index in [4.69, 9.17) is 79.2 Å². The van der Waals surface area contributed by atoms with Gasteiger partial charge in [0.05, 0.1) is 0 Å². The van der Waals surface area contributed by atoms with Crippen molar-refractivity contribution in [1.82, 2.24) is 0 Å². The average molecular weight is 551 g/mol. The molecule has 0 unspecified atom stereocenters. The molecule has 16 nitrogen and oxygen atoms in total. The quantitative estimate of drug-likeness (QED) is 0.136. The molecular weight excluding hydrogens is 543 g/mol. The summed E-state index contributed by atoms with van der Waals surface area (Å²) >= 11 is 0. The fourth-order valence-electron chi connectivity index (χ4n) is 0. The van der Waals surface area contributed by atoms with Gasteiger partial charge >= 0.3 is 47.8 Å². The van der Waals surface area contributed by atoms with Gasteiger partial charge in [-0.15, -0.1) is 0 Å². The molecule has 0 amide bonds. The predicted molar refractivity (Wildman–Crippen MR) is 61.1 cm³/mol. The molecule has 0 rings (SSSR count). The Morgan fingerprint density at radius 2 is 0.346 bits per heavy atom. The van der Waals surface area contributed by atoms with Crippen LogP contribution in [0.3, 0.4) is 0 Å². The summed E-state index contributed by atoms with van der Waals surface area (Å²) in [4.78, 5) is 72.8. The molecule has 0 saturated carbocycles. The Hall–Kier alpha value is -2.28. The van der Waals surface area contributed by atoms with Gasteiger partial charge in [0.15, 0.2) is 0 Å². The number of carboxylic acids is 8. The van der Waals surface area contributed by atoms with Crippen LogP contribution in [0.1, 0.15) is 0 Å². The maximum Gasteiger partial charge on any atom is 0.414 e. The number of carbonyl (C=O) groups is 8. The summed E-state index contributed by atoms with van der Waals surface area (Å²) in [5.41, 5.74) is 0. The average Bonchev–Trinajstić information content (AvgIpc) is 2.40. The van der Waals surface area contributed by atoms with Crippen LogP contribution in [-0.4, -0.2) is 88.6 Å². The van der Waals surface area contributed by atoms with Gasteiger partial charge in [0, 0.05) is 60.3 Å². The van der Waals surface area contributed by atoms with Crippen LogP contribution in [0.4, 0.5) is 0 Å². The van der Waals surface area contributed by atoms with Crippen molar-refractivity contribution in [3.63, 3.8) is 0 Å². The Kier molecular flexibility index (Phi) is 34.1. The second kappa shape index (κ2) is 22.7. The van der Waals surface area contributed by atoms with Crippen molar-refractivity contribution in [3.05, 3.63) is 0 Å². The van der Waals surface area contributed by atoms with E-state index in [1.807, 2.05) is 0 Å². The normalized spacial score (nSPS) is 6.77. The molecule has 8 N–H and O–H groups in total. The molecule has 0 aliphatic rings. The molecule has 145 valence electrons. The minimum absolute atomic E-state index is 0. The van der Waals surface area contributed by atoms with Crippen LogP contribution in [0.5, 0.6) is 0 Å². The maximum atomic E-state index is 9.10. The molecule has 26 heavy (non-hydrogen) atoms. The number of carboxylic acid groups (broad SMARTS) is 8. The molecule has 0 saturated heterocycles. The third-order valence-corrected chi connectivity index (χ3v) is 0.732. The summed E-state index contributed by atoms with van der Waals surface area (Å²) in [6.45, 7) is 0. The fourth-order valence-corrected chi connectivity index (χ4v) is 0. The first kappa shape index (κ1) is 39.0. The third kappa shape index (κ3) is 49.5.